The summed E-state index contributed by atoms with van der Waals surface area (Å²) in [7, 11) is 0. The van der Waals surface area contributed by atoms with Crippen LogP contribution in [-0.4, -0.2) is 35.7 Å². The molecule has 1 amide bonds. The SMILES string of the molecule is CCOCC(=O)NC(CC)(CC)CC(=O)O. The van der Waals surface area contributed by atoms with Crippen molar-refractivity contribution in [3.63, 3.8) is 0 Å². The quantitative estimate of drug-likeness (QED) is 0.657. The van der Waals surface area contributed by atoms with Crippen LogP contribution in [0.2, 0.25) is 0 Å². The highest BCUT2D eigenvalue weighted by atomic mass is 16.5. The number of hydrogen-bond donors (Lipinski definition) is 2. The average Bonchev–Trinajstić information content (AvgIpc) is 2.24. The molecule has 5 heteroatoms. The molecule has 16 heavy (non-hydrogen) atoms. The Labute approximate surface area is 96.2 Å². The van der Waals surface area contributed by atoms with E-state index in [2.05, 4.69) is 5.32 Å². The minimum atomic E-state index is -0.902. The largest absolute Gasteiger partial charge is 0.481 e. The number of carbonyl (C=O) groups is 2. The van der Waals surface area contributed by atoms with Gasteiger partial charge in [0.05, 0.1) is 12.0 Å². The van der Waals surface area contributed by atoms with Crippen LogP contribution in [-0.2, 0) is 14.3 Å². The predicted molar refractivity (Wildman–Crippen MR) is 60.2 cm³/mol. The minimum absolute atomic E-state index is 0.0160. The summed E-state index contributed by atoms with van der Waals surface area (Å²) < 4.78 is 4.98. The molecule has 0 spiro atoms. The van der Waals surface area contributed by atoms with Crippen LogP contribution in [0.3, 0.4) is 0 Å². The molecule has 0 aliphatic rings. The van der Waals surface area contributed by atoms with E-state index in [0.29, 0.717) is 19.4 Å². The van der Waals surface area contributed by atoms with Crippen LogP contribution in [0.25, 0.3) is 0 Å². The summed E-state index contributed by atoms with van der Waals surface area (Å²) in [6.07, 6.45) is 1.12. The van der Waals surface area contributed by atoms with Crippen molar-refractivity contribution in [3.8, 4) is 0 Å². The number of rotatable bonds is 8. The Morgan fingerprint density at radius 2 is 1.81 bits per heavy atom. The second kappa shape index (κ2) is 7.22. The monoisotopic (exact) mass is 231 g/mol. The maximum absolute atomic E-state index is 11.5. The first kappa shape index (κ1) is 14.9. The molecule has 0 aromatic heterocycles. The fraction of sp³-hybridized carbons (Fsp3) is 0.818. The van der Waals surface area contributed by atoms with Crippen LogP contribution in [0.4, 0.5) is 0 Å². The van der Waals surface area contributed by atoms with Gasteiger partial charge in [-0.05, 0) is 19.8 Å². The normalized spacial score (nSPS) is 11.2. The molecule has 2 N–H and O–H groups in total. The predicted octanol–water partition coefficient (Wildman–Crippen LogP) is 1.17. The number of carboxylic acids is 1. The van der Waals surface area contributed by atoms with E-state index in [1.807, 2.05) is 13.8 Å². The van der Waals surface area contributed by atoms with Crippen LogP contribution < -0.4 is 5.32 Å². The van der Waals surface area contributed by atoms with Crippen molar-refractivity contribution in [2.75, 3.05) is 13.2 Å². The smallest absolute Gasteiger partial charge is 0.305 e. The zero-order chi connectivity index (χ0) is 12.6. The van der Waals surface area contributed by atoms with Gasteiger partial charge in [-0.15, -0.1) is 0 Å². The van der Waals surface area contributed by atoms with E-state index in [0.717, 1.165) is 0 Å². The molecule has 0 aliphatic heterocycles. The standard InChI is InChI=1S/C11H21NO4/c1-4-11(5-2,7-10(14)15)12-9(13)8-16-6-3/h4-8H2,1-3H3,(H,12,13)(H,14,15). The maximum Gasteiger partial charge on any atom is 0.305 e. The van der Waals surface area contributed by atoms with Crippen molar-refractivity contribution >= 4 is 11.9 Å². The molecule has 0 rings (SSSR count). The summed E-state index contributed by atoms with van der Waals surface area (Å²) in [5.41, 5.74) is -0.653. The van der Waals surface area contributed by atoms with Crippen LogP contribution in [0.1, 0.15) is 40.0 Å². The molecule has 5 nitrogen and oxygen atoms in total. The van der Waals surface area contributed by atoms with E-state index < -0.39 is 11.5 Å². The van der Waals surface area contributed by atoms with Gasteiger partial charge in [0.2, 0.25) is 5.91 Å². The lowest BCUT2D eigenvalue weighted by Gasteiger charge is -2.31. The van der Waals surface area contributed by atoms with Gasteiger partial charge >= 0.3 is 5.97 Å². The lowest BCUT2D eigenvalue weighted by atomic mass is 9.89. The molecule has 0 aromatic rings. The molecule has 0 aliphatic carbocycles. The lowest BCUT2D eigenvalue weighted by Crippen LogP contribution is -2.50. The Hall–Kier alpha value is -1.10. The molecule has 0 unspecified atom stereocenters. The van der Waals surface area contributed by atoms with Crippen LogP contribution in [0.5, 0.6) is 0 Å². The van der Waals surface area contributed by atoms with E-state index in [1.54, 1.807) is 6.92 Å². The van der Waals surface area contributed by atoms with Crippen molar-refractivity contribution in [2.24, 2.45) is 0 Å². The summed E-state index contributed by atoms with van der Waals surface area (Å²) in [5.74, 6) is -1.16. The third kappa shape index (κ3) is 5.11. The Morgan fingerprint density at radius 3 is 2.19 bits per heavy atom. The highest BCUT2D eigenvalue weighted by Gasteiger charge is 2.30. The lowest BCUT2D eigenvalue weighted by molar-refractivity contribution is -0.139. The topological polar surface area (TPSA) is 75.6 Å². The molecular formula is C11H21NO4. The van der Waals surface area contributed by atoms with E-state index in [9.17, 15) is 9.59 Å². The van der Waals surface area contributed by atoms with Crippen molar-refractivity contribution in [1.29, 1.82) is 0 Å². The summed E-state index contributed by atoms with van der Waals surface area (Å²) in [4.78, 5) is 22.2. The Morgan fingerprint density at radius 1 is 1.25 bits per heavy atom. The first-order chi connectivity index (χ1) is 7.49. The minimum Gasteiger partial charge on any atom is -0.481 e. The number of carbonyl (C=O) groups excluding carboxylic acids is 1. The fourth-order valence-corrected chi connectivity index (χ4v) is 1.54. The third-order valence-corrected chi connectivity index (χ3v) is 2.69. The number of hydrogen-bond acceptors (Lipinski definition) is 3. The Balaban J connectivity index is 4.41. The molecule has 0 saturated carbocycles. The number of ether oxygens (including phenoxy) is 1. The Bertz CT molecular complexity index is 236. The molecule has 0 bridgehead atoms. The molecular weight excluding hydrogens is 210 g/mol. The van der Waals surface area contributed by atoms with Gasteiger partial charge in [0.1, 0.15) is 6.61 Å². The van der Waals surface area contributed by atoms with Crippen LogP contribution in [0.15, 0.2) is 0 Å². The zero-order valence-electron chi connectivity index (χ0n) is 10.2. The zero-order valence-corrected chi connectivity index (χ0v) is 10.2. The highest BCUT2D eigenvalue weighted by Crippen LogP contribution is 2.19. The van der Waals surface area contributed by atoms with Gasteiger partial charge in [0, 0.05) is 6.61 Å². The summed E-state index contributed by atoms with van der Waals surface area (Å²) in [6.45, 7) is 5.99. The summed E-state index contributed by atoms with van der Waals surface area (Å²) in [5, 5.41) is 11.6. The van der Waals surface area contributed by atoms with Gasteiger partial charge in [0.25, 0.3) is 0 Å². The van der Waals surface area contributed by atoms with Gasteiger partial charge < -0.3 is 15.2 Å². The molecule has 0 radical (unpaired) electrons. The van der Waals surface area contributed by atoms with E-state index in [4.69, 9.17) is 9.84 Å². The highest BCUT2D eigenvalue weighted by molar-refractivity contribution is 5.79. The molecule has 0 aromatic carbocycles. The van der Waals surface area contributed by atoms with Crippen molar-refractivity contribution < 1.29 is 19.4 Å². The molecule has 94 valence electrons. The number of aliphatic carboxylic acids is 1. The van der Waals surface area contributed by atoms with Crippen LogP contribution in [0, 0.1) is 0 Å². The maximum atomic E-state index is 11.5. The Kier molecular flexibility index (Phi) is 6.72. The van der Waals surface area contributed by atoms with Gasteiger partial charge in [-0.25, -0.2) is 0 Å². The molecule has 0 saturated heterocycles. The molecule has 0 atom stereocenters. The number of amides is 1. The second-order valence-electron chi connectivity index (χ2n) is 3.74. The van der Waals surface area contributed by atoms with E-state index in [1.165, 1.54) is 0 Å². The molecule has 0 heterocycles. The summed E-state index contributed by atoms with van der Waals surface area (Å²) in [6, 6.07) is 0. The van der Waals surface area contributed by atoms with Crippen molar-refractivity contribution in [3.05, 3.63) is 0 Å². The first-order valence-corrected chi connectivity index (χ1v) is 5.60. The average molecular weight is 231 g/mol. The van der Waals surface area contributed by atoms with Gasteiger partial charge in [-0.3, -0.25) is 9.59 Å². The number of nitrogens with one attached hydrogen (secondary N) is 1. The van der Waals surface area contributed by atoms with E-state index in [-0.39, 0.29) is 18.9 Å². The fourth-order valence-electron chi connectivity index (χ4n) is 1.54. The third-order valence-electron chi connectivity index (χ3n) is 2.69. The van der Waals surface area contributed by atoms with Gasteiger partial charge in [-0.2, -0.15) is 0 Å². The molecule has 0 fully saturated rings. The first-order valence-electron chi connectivity index (χ1n) is 5.60. The van der Waals surface area contributed by atoms with Crippen LogP contribution >= 0.6 is 0 Å². The van der Waals surface area contributed by atoms with Gasteiger partial charge in [0.15, 0.2) is 0 Å². The van der Waals surface area contributed by atoms with E-state index >= 15 is 0 Å². The number of carboxylic acid groups (broad SMARTS) is 1. The van der Waals surface area contributed by atoms with Gasteiger partial charge in [-0.1, -0.05) is 13.8 Å². The van der Waals surface area contributed by atoms with Crippen molar-refractivity contribution in [2.45, 2.75) is 45.6 Å². The van der Waals surface area contributed by atoms with Crippen molar-refractivity contribution in [1.82, 2.24) is 5.32 Å². The second-order valence-corrected chi connectivity index (χ2v) is 3.74. The summed E-state index contributed by atoms with van der Waals surface area (Å²) >= 11 is 0.